The smallest absolute Gasteiger partial charge is 0.305 e. The van der Waals surface area contributed by atoms with Gasteiger partial charge >= 0.3 is 11.9 Å². The van der Waals surface area contributed by atoms with E-state index in [9.17, 15) is 9.59 Å². The van der Waals surface area contributed by atoms with Crippen molar-refractivity contribution in [3.05, 3.63) is 0 Å². The minimum Gasteiger partial charge on any atom is -0.466 e. The fraction of sp³-hybridized carbons (Fsp3) is 0.875. The summed E-state index contributed by atoms with van der Waals surface area (Å²) in [6.45, 7) is 5.66. The highest BCUT2D eigenvalue weighted by molar-refractivity contribution is 5.69. The van der Waals surface area contributed by atoms with Crippen LogP contribution in [-0.2, 0) is 23.8 Å². The molecule has 0 rings (SSSR count). The first-order valence-electron chi connectivity index (χ1n) is 8.09. The molecule has 0 spiro atoms. The highest BCUT2D eigenvalue weighted by Crippen LogP contribution is 2.09. The monoisotopic (exact) mass is 302 g/mol. The van der Waals surface area contributed by atoms with Crippen LogP contribution in [0.25, 0.3) is 0 Å². The summed E-state index contributed by atoms with van der Waals surface area (Å²) in [6.07, 6.45) is 7.00. The SMILES string of the molecule is CCOCCOC(=O)CCCCCCCCC(=O)OCC. The molecule has 0 aromatic heterocycles. The van der Waals surface area contributed by atoms with Crippen molar-refractivity contribution in [2.24, 2.45) is 0 Å². The Morgan fingerprint density at radius 1 is 0.667 bits per heavy atom. The highest BCUT2D eigenvalue weighted by Gasteiger charge is 2.03. The first-order valence-corrected chi connectivity index (χ1v) is 8.09. The molecule has 0 unspecified atom stereocenters. The molecule has 0 saturated heterocycles. The van der Waals surface area contributed by atoms with Crippen LogP contribution in [0.4, 0.5) is 0 Å². The molecule has 0 aliphatic carbocycles. The van der Waals surface area contributed by atoms with Gasteiger partial charge in [-0.3, -0.25) is 9.59 Å². The predicted octanol–water partition coefficient (Wildman–Crippen LogP) is 3.25. The summed E-state index contributed by atoms with van der Waals surface area (Å²) >= 11 is 0. The van der Waals surface area contributed by atoms with Gasteiger partial charge in [0.1, 0.15) is 6.61 Å². The number of esters is 2. The van der Waals surface area contributed by atoms with Gasteiger partial charge in [-0.15, -0.1) is 0 Å². The first kappa shape index (κ1) is 19.9. The van der Waals surface area contributed by atoms with E-state index in [2.05, 4.69) is 0 Å². The lowest BCUT2D eigenvalue weighted by atomic mass is 10.1. The van der Waals surface area contributed by atoms with Gasteiger partial charge in [-0.05, 0) is 26.7 Å². The van der Waals surface area contributed by atoms with Crippen LogP contribution in [0.1, 0.15) is 65.2 Å². The zero-order valence-corrected chi connectivity index (χ0v) is 13.5. The van der Waals surface area contributed by atoms with Crippen LogP contribution >= 0.6 is 0 Å². The number of hydrogen-bond acceptors (Lipinski definition) is 5. The standard InChI is InChI=1S/C16H30O5/c1-3-19-13-14-21-16(18)12-10-8-6-5-7-9-11-15(17)20-4-2/h3-14H2,1-2H3. The Morgan fingerprint density at radius 2 is 1.19 bits per heavy atom. The molecular weight excluding hydrogens is 272 g/mol. The van der Waals surface area contributed by atoms with Crippen LogP contribution in [0.15, 0.2) is 0 Å². The van der Waals surface area contributed by atoms with Gasteiger partial charge in [0, 0.05) is 19.4 Å². The minimum atomic E-state index is -0.142. The van der Waals surface area contributed by atoms with E-state index < -0.39 is 0 Å². The fourth-order valence-corrected chi connectivity index (χ4v) is 1.91. The van der Waals surface area contributed by atoms with Crippen molar-refractivity contribution >= 4 is 11.9 Å². The van der Waals surface area contributed by atoms with E-state index in [0.29, 0.717) is 39.3 Å². The van der Waals surface area contributed by atoms with Gasteiger partial charge in [-0.2, -0.15) is 0 Å². The molecule has 0 fully saturated rings. The van der Waals surface area contributed by atoms with Crippen molar-refractivity contribution < 1.29 is 23.8 Å². The number of rotatable bonds is 14. The molecule has 21 heavy (non-hydrogen) atoms. The summed E-state index contributed by atoms with van der Waals surface area (Å²) in [5.74, 6) is -0.246. The normalized spacial score (nSPS) is 10.4. The maximum absolute atomic E-state index is 11.3. The van der Waals surface area contributed by atoms with Gasteiger partial charge in [-0.25, -0.2) is 0 Å². The molecule has 0 aliphatic heterocycles. The lowest BCUT2D eigenvalue weighted by Crippen LogP contribution is -2.10. The Bertz CT molecular complexity index is 265. The molecule has 0 heterocycles. The molecule has 124 valence electrons. The van der Waals surface area contributed by atoms with E-state index in [-0.39, 0.29) is 11.9 Å². The predicted molar refractivity (Wildman–Crippen MR) is 81.0 cm³/mol. The van der Waals surface area contributed by atoms with Crippen molar-refractivity contribution in [2.45, 2.75) is 65.2 Å². The summed E-state index contributed by atoms with van der Waals surface area (Å²) < 4.78 is 15.0. The third kappa shape index (κ3) is 15.1. The van der Waals surface area contributed by atoms with E-state index >= 15 is 0 Å². The summed E-state index contributed by atoms with van der Waals surface area (Å²) in [7, 11) is 0. The number of carbonyl (C=O) groups is 2. The first-order chi connectivity index (χ1) is 10.2. The number of unbranched alkanes of at least 4 members (excludes halogenated alkanes) is 5. The minimum absolute atomic E-state index is 0.104. The quantitative estimate of drug-likeness (QED) is 0.364. The average Bonchev–Trinajstić information content (AvgIpc) is 2.46. The van der Waals surface area contributed by atoms with Crippen molar-refractivity contribution in [3.8, 4) is 0 Å². The van der Waals surface area contributed by atoms with Gasteiger partial charge in [0.25, 0.3) is 0 Å². The third-order valence-electron chi connectivity index (χ3n) is 3.01. The fourth-order valence-electron chi connectivity index (χ4n) is 1.91. The highest BCUT2D eigenvalue weighted by atomic mass is 16.6. The van der Waals surface area contributed by atoms with Crippen molar-refractivity contribution in [2.75, 3.05) is 26.4 Å². The average molecular weight is 302 g/mol. The molecular formula is C16H30O5. The van der Waals surface area contributed by atoms with Crippen molar-refractivity contribution in [1.29, 1.82) is 0 Å². The Kier molecular flexibility index (Phi) is 14.5. The van der Waals surface area contributed by atoms with Gasteiger partial charge < -0.3 is 14.2 Å². The lowest BCUT2D eigenvalue weighted by molar-refractivity contribution is -0.145. The van der Waals surface area contributed by atoms with Crippen LogP contribution in [0.5, 0.6) is 0 Å². The lowest BCUT2D eigenvalue weighted by Gasteiger charge is -2.05. The van der Waals surface area contributed by atoms with E-state index in [4.69, 9.17) is 14.2 Å². The maximum Gasteiger partial charge on any atom is 0.305 e. The Morgan fingerprint density at radius 3 is 1.71 bits per heavy atom. The zero-order valence-electron chi connectivity index (χ0n) is 13.5. The second kappa shape index (κ2) is 15.3. The van der Waals surface area contributed by atoms with Crippen molar-refractivity contribution in [1.82, 2.24) is 0 Å². The number of hydrogen-bond donors (Lipinski definition) is 0. The van der Waals surface area contributed by atoms with E-state index in [1.165, 1.54) is 0 Å². The van der Waals surface area contributed by atoms with E-state index in [1.54, 1.807) is 0 Å². The van der Waals surface area contributed by atoms with Crippen LogP contribution in [-0.4, -0.2) is 38.4 Å². The second-order valence-electron chi connectivity index (χ2n) is 4.84. The molecule has 0 radical (unpaired) electrons. The summed E-state index contributed by atoms with van der Waals surface area (Å²) in [5.41, 5.74) is 0. The van der Waals surface area contributed by atoms with E-state index in [1.807, 2.05) is 13.8 Å². The molecule has 5 heteroatoms. The molecule has 0 aromatic rings. The van der Waals surface area contributed by atoms with Crippen LogP contribution in [0, 0.1) is 0 Å². The number of ether oxygens (including phenoxy) is 3. The molecule has 0 bridgehead atoms. The molecule has 0 aliphatic rings. The molecule has 0 aromatic carbocycles. The van der Waals surface area contributed by atoms with Crippen LogP contribution in [0.3, 0.4) is 0 Å². The molecule has 0 atom stereocenters. The summed E-state index contributed by atoms with van der Waals surface area (Å²) in [6, 6.07) is 0. The maximum atomic E-state index is 11.3. The van der Waals surface area contributed by atoms with Gasteiger partial charge in [0.05, 0.1) is 13.2 Å². The van der Waals surface area contributed by atoms with Crippen LogP contribution < -0.4 is 0 Å². The molecule has 0 N–H and O–H groups in total. The topological polar surface area (TPSA) is 61.8 Å². The third-order valence-corrected chi connectivity index (χ3v) is 3.01. The molecule has 0 saturated carbocycles. The van der Waals surface area contributed by atoms with Crippen LogP contribution in [0.2, 0.25) is 0 Å². The second-order valence-corrected chi connectivity index (χ2v) is 4.84. The Labute approximate surface area is 128 Å². The van der Waals surface area contributed by atoms with Gasteiger partial charge in [-0.1, -0.05) is 25.7 Å². The Balaban J connectivity index is 3.21. The summed E-state index contributed by atoms with van der Waals surface area (Å²) in [4.78, 5) is 22.4. The largest absolute Gasteiger partial charge is 0.466 e. The molecule has 5 nitrogen and oxygen atoms in total. The number of carbonyl (C=O) groups excluding carboxylic acids is 2. The molecule has 0 amide bonds. The Hall–Kier alpha value is -1.10. The van der Waals surface area contributed by atoms with Gasteiger partial charge in [0.2, 0.25) is 0 Å². The van der Waals surface area contributed by atoms with Gasteiger partial charge in [0.15, 0.2) is 0 Å². The summed E-state index contributed by atoms with van der Waals surface area (Å²) in [5, 5.41) is 0. The van der Waals surface area contributed by atoms with Crippen molar-refractivity contribution in [3.63, 3.8) is 0 Å². The van der Waals surface area contributed by atoms with E-state index in [0.717, 1.165) is 38.5 Å². The zero-order chi connectivity index (χ0) is 15.8.